The number of carbonyl (C=O) groups is 5. The summed E-state index contributed by atoms with van der Waals surface area (Å²) in [4.78, 5) is 56.9. The van der Waals surface area contributed by atoms with Crippen LogP contribution >= 0.6 is 0 Å². The van der Waals surface area contributed by atoms with Gasteiger partial charge in [-0.1, -0.05) is 51.4 Å². The van der Waals surface area contributed by atoms with Crippen molar-refractivity contribution in [1.82, 2.24) is 16.0 Å². The van der Waals surface area contributed by atoms with E-state index in [2.05, 4.69) is 16.0 Å². The largest absolute Gasteiger partial charge is 0.481 e. The molecule has 1 atom stereocenters. The summed E-state index contributed by atoms with van der Waals surface area (Å²) >= 11 is 0. The fraction of sp³-hybridized carbons (Fsp3) is 0.808. The van der Waals surface area contributed by atoms with Crippen molar-refractivity contribution in [2.45, 2.75) is 95.9 Å². The van der Waals surface area contributed by atoms with Crippen LogP contribution in [0.5, 0.6) is 0 Å². The second-order valence-corrected chi connectivity index (χ2v) is 9.11. The lowest BCUT2D eigenvalue weighted by molar-refractivity contribution is -0.142. The van der Waals surface area contributed by atoms with E-state index >= 15 is 0 Å². The molecule has 0 saturated carbocycles. The Hall–Kier alpha value is -2.73. The van der Waals surface area contributed by atoms with E-state index in [9.17, 15) is 29.1 Å². The zero-order valence-electron chi connectivity index (χ0n) is 22.8. The molecule has 0 unspecified atom stereocenters. The van der Waals surface area contributed by atoms with Crippen molar-refractivity contribution in [2.75, 3.05) is 40.0 Å². The summed E-state index contributed by atoms with van der Waals surface area (Å²) in [5.74, 6) is -2.79. The van der Waals surface area contributed by atoms with Crippen molar-refractivity contribution in [3.05, 3.63) is 0 Å². The van der Waals surface area contributed by atoms with Crippen LogP contribution in [0.2, 0.25) is 0 Å². The molecule has 220 valence electrons. The Morgan fingerprint density at radius 1 is 0.658 bits per heavy atom. The van der Waals surface area contributed by atoms with Gasteiger partial charge in [0.25, 0.3) is 0 Å². The van der Waals surface area contributed by atoms with Crippen LogP contribution in [-0.2, 0) is 33.4 Å². The van der Waals surface area contributed by atoms with Crippen LogP contribution < -0.4 is 16.0 Å². The quantitative estimate of drug-likeness (QED) is 0.102. The fourth-order valence-corrected chi connectivity index (χ4v) is 3.58. The molecule has 12 nitrogen and oxygen atoms in total. The molecule has 5 N–H and O–H groups in total. The summed E-state index contributed by atoms with van der Waals surface area (Å²) in [7, 11) is 1.52. The third-order valence-electron chi connectivity index (χ3n) is 5.79. The van der Waals surface area contributed by atoms with Crippen LogP contribution in [0.1, 0.15) is 89.9 Å². The second-order valence-electron chi connectivity index (χ2n) is 9.11. The number of aliphatic carboxylic acids is 2. The van der Waals surface area contributed by atoms with Crippen molar-refractivity contribution < 1.29 is 43.7 Å². The molecule has 0 rings (SSSR count). The highest BCUT2D eigenvalue weighted by Gasteiger charge is 2.20. The van der Waals surface area contributed by atoms with E-state index in [1.54, 1.807) is 0 Å². The molecule has 0 aliphatic rings. The molecule has 0 aromatic rings. The third-order valence-corrected chi connectivity index (χ3v) is 5.79. The number of rotatable bonds is 26. The van der Waals surface area contributed by atoms with E-state index in [1.807, 2.05) is 0 Å². The number of hydrogen-bond acceptors (Lipinski definition) is 7. The van der Waals surface area contributed by atoms with Crippen LogP contribution in [0, 0.1) is 0 Å². The highest BCUT2D eigenvalue weighted by molar-refractivity contribution is 5.84. The lowest BCUT2D eigenvalue weighted by Gasteiger charge is -2.14. The molecule has 0 heterocycles. The maximum absolute atomic E-state index is 12.1. The van der Waals surface area contributed by atoms with Crippen molar-refractivity contribution >= 4 is 29.7 Å². The zero-order chi connectivity index (χ0) is 28.4. The lowest BCUT2D eigenvalue weighted by Crippen LogP contribution is -2.41. The first kappa shape index (κ1) is 35.3. The highest BCUT2D eigenvalue weighted by Crippen LogP contribution is 2.12. The maximum Gasteiger partial charge on any atom is 0.326 e. The Bertz CT molecular complexity index is 689. The van der Waals surface area contributed by atoms with E-state index in [1.165, 1.54) is 7.05 Å². The van der Waals surface area contributed by atoms with Crippen LogP contribution in [0.3, 0.4) is 0 Å². The molecule has 0 aliphatic heterocycles. The summed E-state index contributed by atoms with van der Waals surface area (Å²) in [5, 5.41) is 25.5. The Kier molecular flexibility index (Phi) is 22.8. The van der Waals surface area contributed by atoms with Gasteiger partial charge < -0.3 is 35.6 Å². The maximum atomic E-state index is 12.1. The van der Waals surface area contributed by atoms with Crippen molar-refractivity contribution in [3.63, 3.8) is 0 Å². The van der Waals surface area contributed by atoms with Gasteiger partial charge in [-0.3, -0.25) is 19.2 Å². The first-order valence-corrected chi connectivity index (χ1v) is 13.6. The summed E-state index contributed by atoms with van der Waals surface area (Å²) in [6.45, 7) is 0.991. The molecule has 0 fully saturated rings. The van der Waals surface area contributed by atoms with Gasteiger partial charge in [-0.25, -0.2) is 4.79 Å². The number of carbonyl (C=O) groups excluding carboxylic acids is 3. The summed E-state index contributed by atoms with van der Waals surface area (Å²) in [5.41, 5.74) is 0. The number of nitrogens with one attached hydrogen (secondary N) is 3. The van der Waals surface area contributed by atoms with Gasteiger partial charge in [0.05, 0.1) is 19.8 Å². The predicted molar refractivity (Wildman–Crippen MR) is 141 cm³/mol. The molecule has 38 heavy (non-hydrogen) atoms. The lowest BCUT2D eigenvalue weighted by atomic mass is 10.0. The highest BCUT2D eigenvalue weighted by atomic mass is 16.5. The van der Waals surface area contributed by atoms with Crippen molar-refractivity contribution in [2.24, 2.45) is 0 Å². The van der Waals surface area contributed by atoms with Gasteiger partial charge >= 0.3 is 11.9 Å². The minimum absolute atomic E-state index is 0.00258. The van der Waals surface area contributed by atoms with Gasteiger partial charge in [0.2, 0.25) is 17.7 Å². The van der Waals surface area contributed by atoms with Gasteiger partial charge in [0, 0.05) is 32.9 Å². The summed E-state index contributed by atoms with van der Waals surface area (Å²) < 4.78 is 10.4. The number of hydrogen-bond donors (Lipinski definition) is 5. The monoisotopic (exact) mass is 545 g/mol. The Labute approximate surface area is 225 Å². The minimum Gasteiger partial charge on any atom is -0.481 e. The minimum atomic E-state index is -1.17. The SMILES string of the molecule is CNC(=O)COCCOCCNC(=O)CC[C@H](NC(=O)CCCCCCCCCCCCC(=O)O)C(=O)O. The molecule has 0 aliphatic carbocycles. The topological polar surface area (TPSA) is 180 Å². The van der Waals surface area contributed by atoms with Crippen molar-refractivity contribution in [1.29, 1.82) is 0 Å². The molecule has 0 bridgehead atoms. The van der Waals surface area contributed by atoms with Crippen LogP contribution in [0.25, 0.3) is 0 Å². The van der Waals surface area contributed by atoms with Crippen LogP contribution in [0.4, 0.5) is 0 Å². The average Bonchev–Trinajstić information content (AvgIpc) is 2.88. The normalized spacial score (nSPS) is 11.5. The Balaban J connectivity index is 3.75. The van der Waals surface area contributed by atoms with E-state index < -0.39 is 18.0 Å². The predicted octanol–water partition coefficient (Wildman–Crippen LogP) is 2.00. The molecule has 0 saturated heterocycles. The van der Waals surface area contributed by atoms with Gasteiger partial charge in [0.15, 0.2) is 0 Å². The van der Waals surface area contributed by atoms with E-state index in [4.69, 9.17) is 14.6 Å². The molecular weight excluding hydrogens is 498 g/mol. The van der Waals surface area contributed by atoms with Crippen LogP contribution in [-0.4, -0.2) is 85.9 Å². The molecule has 0 spiro atoms. The molecule has 3 amide bonds. The number of carboxylic acid groups (broad SMARTS) is 2. The first-order valence-electron chi connectivity index (χ1n) is 13.6. The second kappa shape index (κ2) is 24.6. The summed E-state index contributed by atoms with van der Waals surface area (Å²) in [6.07, 6.45) is 10.3. The molecular formula is C26H47N3O9. The number of carboxylic acids is 2. The fourth-order valence-electron chi connectivity index (χ4n) is 3.58. The van der Waals surface area contributed by atoms with Gasteiger partial charge in [-0.15, -0.1) is 0 Å². The van der Waals surface area contributed by atoms with Gasteiger partial charge in [-0.05, 0) is 19.3 Å². The molecule has 0 aromatic carbocycles. The Morgan fingerprint density at radius 3 is 1.76 bits per heavy atom. The molecule has 0 radical (unpaired) electrons. The molecule has 12 heteroatoms. The molecule has 0 aromatic heterocycles. The standard InChI is InChI=1S/C26H47N3O9/c1-27-24(32)20-38-19-18-37-17-16-28-22(30)15-14-21(26(35)36)29-23(31)12-10-8-6-4-2-3-5-7-9-11-13-25(33)34/h21H,2-20H2,1H3,(H,27,32)(H,28,30)(H,29,31)(H,33,34)(H,35,36)/t21-/m0/s1. The number of amides is 3. The zero-order valence-corrected chi connectivity index (χ0v) is 22.8. The smallest absolute Gasteiger partial charge is 0.326 e. The third kappa shape index (κ3) is 23.7. The number of likely N-dealkylation sites (N-methyl/N-ethyl adjacent to an activating group) is 1. The van der Waals surface area contributed by atoms with Gasteiger partial charge in [0.1, 0.15) is 12.6 Å². The summed E-state index contributed by atoms with van der Waals surface area (Å²) in [6, 6.07) is -1.11. The Morgan fingerprint density at radius 2 is 1.21 bits per heavy atom. The van der Waals surface area contributed by atoms with E-state index in [-0.39, 0.29) is 76.4 Å². The number of ether oxygens (including phenoxy) is 2. The first-order chi connectivity index (χ1) is 18.3. The average molecular weight is 546 g/mol. The number of unbranched alkanes of at least 4 members (excludes halogenated alkanes) is 9. The van der Waals surface area contributed by atoms with Crippen LogP contribution in [0.15, 0.2) is 0 Å². The van der Waals surface area contributed by atoms with Gasteiger partial charge in [-0.2, -0.15) is 0 Å². The van der Waals surface area contributed by atoms with E-state index in [0.717, 1.165) is 57.8 Å². The van der Waals surface area contributed by atoms with Crippen molar-refractivity contribution in [3.8, 4) is 0 Å². The van der Waals surface area contributed by atoms with E-state index in [0.29, 0.717) is 6.42 Å².